The molecule has 0 fully saturated rings. The van der Waals surface area contributed by atoms with Gasteiger partial charge < -0.3 is 10.5 Å². The lowest BCUT2D eigenvalue weighted by atomic mass is 10.2. The zero-order valence-electron chi connectivity index (χ0n) is 11.0. The van der Waals surface area contributed by atoms with Crippen molar-refractivity contribution in [2.45, 2.75) is 19.5 Å². The van der Waals surface area contributed by atoms with Crippen LogP contribution < -0.4 is 21.6 Å². The van der Waals surface area contributed by atoms with E-state index < -0.39 is 0 Å². The molecule has 0 bridgehead atoms. The van der Waals surface area contributed by atoms with Gasteiger partial charge in [-0.15, -0.1) is 0 Å². The molecule has 6 heteroatoms. The number of H-pyrrole nitrogens is 1. The van der Waals surface area contributed by atoms with Crippen LogP contribution in [0.1, 0.15) is 12.0 Å². The number of hydrogen-bond acceptors (Lipinski definition) is 4. The minimum Gasteiger partial charge on any atom is -0.494 e. The molecule has 0 saturated heterocycles. The summed E-state index contributed by atoms with van der Waals surface area (Å²) in [4.78, 5) is 22.6. The lowest BCUT2D eigenvalue weighted by molar-refractivity contribution is 0.296. The Morgan fingerprint density at radius 2 is 2.05 bits per heavy atom. The van der Waals surface area contributed by atoms with Crippen molar-refractivity contribution in [1.82, 2.24) is 9.78 Å². The van der Waals surface area contributed by atoms with Crippen molar-refractivity contribution in [3.63, 3.8) is 0 Å². The Bertz CT molecular complexity index is 676. The van der Waals surface area contributed by atoms with Crippen molar-refractivity contribution in [3.8, 4) is 5.75 Å². The molecule has 3 N–H and O–H groups in total. The van der Waals surface area contributed by atoms with Crippen LogP contribution in [-0.2, 0) is 13.1 Å². The molecule has 0 spiro atoms. The van der Waals surface area contributed by atoms with Crippen molar-refractivity contribution in [1.29, 1.82) is 0 Å². The van der Waals surface area contributed by atoms with Gasteiger partial charge >= 0.3 is 0 Å². The van der Waals surface area contributed by atoms with E-state index in [-0.39, 0.29) is 11.1 Å². The van der Waals surface area contributed by atoms with Crippen LogP contribution in [0.4, 0.5) is 0 Å². The molecule has 0 aliphatic carbocycles. The molecule has 20 heavy (non-hydrogen) atoms. The van der Waals surface area contributed by atoms with Gasteiger partial charge in [0.1, 0.15) is 5.75 Å². The summed E-state index contributed by atoms with van der Waals surface area (Å²) in [7, 11) is 0. The fraction of sp³-hybridized carbons (Fsp3) is 0.286. The Balaban J connectivity index is 1.85. The molecule has 0 aliphatic heterocycles. The second kappa shape index (κ2) is 6.72. The number of nitrogens with one attached hydrogen (secondary N) is 1. The normalized spacial score (nSPS) is 10.4. The van der Waals surface area contributed by atoms with Gasteiger partial charge in [-0.25, -0.2) is 0 Å². The predicted molar refractivity (Wildman–Crippen MR) is 75.8 cm³/mol. The van der Waals surface area contributed by atoms with E-state index in [2.05, 4.69) is 5.10 Å². The highest BCUT2D eigenvalue weighted by Gasteiger charge is 1.98. The number of rotatable bonds is 6. The van der Waals surface area contributed by atoms with Gasteiger partial charge in [0, 0.05) is 31.6 Å². The summed E-state index contributed by atoms with van der Waals surface area (Å²) in [6.45, 7) is 1.33. The number of aryl methyl sites for hydroxylation is 1. The minimum absolute atomic E-state index is 0.227. The summed E-state index contributed by atoms with van der Waals surface area (Å²) < 4.78 is 6.86. The number of aromatic nitrogens is 2. The van der Waals surface area contributed by atoms with Crippen molar-refractivity contribution in [2.75, 3.05) is 6.61 Å². The molecule has 0 saturated carbocycles. The van der Waals surface area contributed by atoms with E-state index in [0.717, 1.165) is 11.3 Å². The van der Waals surface area contributed by atoms with Crippen molar-refractivity contribution in [3.05, 3.63) is 62.7 Å². The van der Waals surface area contributed by atoms with Crippen LogP contribution >= 0.6 is 0 Å². The van der Waals surface area contributed by atoms with Crippen LogP contribution in [0.15, 0.2) is 46.0 Å². The Kier molecular flexibility index (Phi) is 4.73. The highest BCUT2D eigenvalue weighted by atomic mass is 16.5. The second-order valence-electron chi connectivity index (χ2n) is 4.35. The first kappa shape index (κ1) is 14.1. The number of hydrogen-bond donors (Lipinski definition) is 2. The molecule has 0 aliphatic rings. The van der Waals surface area contributed by atoms with Crippen molar-refractivity contribution < 1.29 is 4.74 Å². The van der Waals surface area contributed by atoms with E-state index >= 15 is 0 Å². The van der Waals surface area contributed by atoms with E-state index in [1.807, 2.05) is 24.3 Å². The van der Waals surface area contributed by atoms with Gasteiger partial charge in [-0.2, -0.15) is 0 Å². The van der Waals surface area contributed by atoms with Crippen molar-refractivity contribution >= 4 is 0 Å². The Hall–Kier alpha value is -2.34. The van der Waals surface area contributed by atoms with E-state index in [9.17, 15) is 9.59 Å². The standard InChI is InChI=1S/C14H17N3O3/c15-10-11-3-1-4-12(9-11)20-8-2-7-17-14(19)6-5-13(18)16-17/h1,3-6,9H,2,7-8,10,15H2,(H,16,18). The molecule has 6 nitrogen and oxygen atoms in total. The number of aromatic amines is 1. The van der Waals surface area contributed by atoms with Crippen LogP contribution in [0.3, 0.4) is 0 Å². The molecule has 1 aromatic carbocycles. The van der Waals surface area contributed by atoms with E-state index in [1.54, 1.807) is 0 Å². The first-order valence-corrected chi connectivity index (χ1v) is 6.41. The lowest BCUT2D eigenvalue weighted by Crippen LogP contribution is -2.28. The van der Waals surface area contributed by atoms with Gasteiger partial charge in [0.05, 0.1) is 6.61 Å². The van der Waals surface area contributed by atoms with Gasteiger partial charge in [0.2, 0.25) is 0 Å². The van der Waals surface area contributed by atoms with Gasteiger partial charge in [0.25, 0.3) is 11.1 Å². The number of nitrogens with two attached hydrogens (primary N) is 1. The van der Waals surface area contributed by atoms with Crippen LogP contribution in [-0.4, -0.2) is 16.4 Å². The van der Waals surface area contributed by atoms with Gasteiger partial charge in [-0.3, -0.25) is 19.4 Å². The number of ether oxygens (including phenoxy) is 1. The SMILES string of the molecule is NCc1cccc(OCCCn2[nH]c(=O)ccc2=O)c1. The first-order chi connectivity index (χ1) is 9.69. The zero-order chi connectivity index (χ0) is 14.4. The molecular weight excluding hydrogens is 258 g/mol. The third-order valence-electron chi connectivity index (χ3n) is 2.82. The maximum atomic E-state index is 11.5. The zero-order valence-corrected chi connectivity index (χ0v) is 11.0. The maximum Gasteiger partial charge on any atom is 0.265 e. The second-order valence-corrected chi connectivity index (χ2v) is 4.35. The van der Waals surface area contributed by atoms with Crippen LogP contribution in [0.2, 0.25) is 0 Å². The topological polar surface area (TPSA) is 90.1 Å². The number of nitrogens with zero attached hydrogens (tertiary/aromatic N) is 1. The smallest absolute Gasteiger partial charge is 0.265 e. The highest BCUT2D eigenvalue weighted by Crippen LogP contribution is 2.12. The molecule has 2 rings (SSSR count). The summed E-state index contributed by atoms with van der Waals surface area (Å²) in [5.41, 5.74) is 6.04. The van der Waals surface area contributed by atoms with Gasteiger partial charge in [-0.1, -0.05) is 12.1 Å². The fourth-order valence-corrected chi connectivity index (χ4v) is 1.80. The molecule has 0 amide bonds. The van der Waals surface area contributed by atoms with E-state index in [0.29, 0.717) is 26.1 Å². The summed E-state index contributed by atoms with van der Waals surface area (Å²) in [5, 5.41) is 2.47. The summed E-state index contributed by atoms with van der Waals surface area (Å²) >= 11 is 0. The van der Waals surface area contributed by atoms with E-state index in [4.69, 9.17) is 10.5 Å². The highest BCUT2D eigenvalue weighted by molar-refractivity contribution is 5.28. The maximum absolute atomic E-state index is 11.5. The summed E-state index contributed by atoms with van der Waals surface area (Å²) in [6.07, 6.45) is 0.618. The molecule has 1 heterocycles. The van der Waals surface area contributed by atoms with Crippen LogP contribution in [0.25, 0.3) is 0 Å². The molecule has 0 unspecified atom stereocenters. The molecule has 106 valence electrons. The third kappa shape index (κ3) is 3.83. The molecule has 1 aromatic heterocycles. The fourth-order valence-electron chi connectivity index (χ4n) is 1.80. The van der Waals surface area contributed by atoms with Crippen molar-refractivity contribution in [2.24, 2.45) is 5.73 Å². The van der Waals surface area contributed by atoms with Gasteiger partial charge in [0.15, 0.2) is 0 Å². The molecular formula is C14H17N3O3. The summed E-state index contributed by atoms with van der Waals surface area (Å²) in [5.74, 6) is 0.752. The molecule has 2 aromatic rings. The Morgan fingerprint density at radius 3 is 2.85 bits per heavy atom. The van der Waals surface area contributed by atoms with Crippen LogP contribution in [0, 0.1) is 0 Å². The molecule has 0 radical (unpaired) electrons. The monoisotopic (exact) mass is 275 g/mol. The summed E-state index contributed by atoms with van der Waals surface area (Å²) in [6, 6.07) is 10.0. The van der Waals surface area contributed by atoms with Gasteiger partial charge in [-0.05, 0) is 17.7 Å². The Morgan fingerprint density at radius 1 is 1.20 bits per heavy atom. The quantitative estimate of drug-likeness (QED) is 0.750. The average molecular weight is 275 g/mol. The molecule has 0 atom stereocenters. The third-order valence-corrected chi connectivity index (χ3v) is 2.82. The number of benzene rings is 1. The first-order valence-electron chi connectivity index (χ1n) is 6.41. The van der Waals surface area contributed by atoms with E-state index in [1.165, 1.54) is 16.8 Å². The lowest BCUT2D eigenvalue weighted by Gasteiger charge is -2.08. The predicted octanol–water partition coefficient (Wildman–Crippen LogP) is 0.464. The average Bonchev–Trinajstić information content (AvgIpc) is 2.47. The largest absolute Gasteiger partial charge is 0.494 e. The minimum atomic E-state index is -0.291. The van der Waals surface area contributed by atoms with Crippen LogP contribution in [0.5, 0.6) is 5.75 Å². The Labute approximate surface area is 115 Å².